The average Bonchev–Trinajstić information content (AvgIpc) is 2.44. The minimum Gasteiger partial charge on any atom is -0.290 e. The van der Waals surface area contributed by atoms with Gasteiger partial charge in [-0.2, -0.15) is 0 Å². The van der Waals surface area contributed by atoms with Crippen molar-refractivity contribution in [3.63, 3.8) is 0 Å². The number of nitrogens with one attached hydrogen (secondary N) is 1. The molecule has 0 amide bonds. The van der Waals surface area contributed by atoms with Crippen LogP contribution in [-0.4, -0.2) is 21.1 Å². The monoisotopic (exact) mass is 176 g/mol. The van der Waals surface area contributed by atoms with E-state index in [2.05, 4.69) is 15.6 Å². The van der Waals surface area contributed by atoms with E-state index in [1.54, 1.807) is 0 Å². The van der Waals surface area contributed by atoms with Gasteiger partial charge in [0.15, 0.2) is 0 Å². The van der Waals surface area contributed by atoms with E-state index in [1.807, 2.05) is 38.1 Å². The Bertz CT molecular complexity index is 372. The second-order valence-corrected chi connectivity index (χ2v) is 3.26. The fraction of sp³-hybridized carbons (Fsp3) is 0.333. The quantitative estimate of drug-likeness (QED) is 0.751. The first-order chi connectivity index (χ1) is 6.25. The van der Waals surface area contributed by atoms with Crippen molar-refractivity contribution in [3.05, 3.63) is 24.3 Å². The van der Waals surface area contributed by atoms with Crippen LogP contribution in [0.4, 0.5) is 0 Å². The topological polar surface area (TPSA) is 42.7 Å². The van der Waals surface area contributed by atoms with Crippen LogP contribution in [0.15, 0.2) is 24.3 Å². The van der Waals surface area contributed by atoms with Gasteiger partial charge in [-0.05, 0) is 26.0 Å². The molecule has 0 aliphatic heterocycles. The molecular formula is C9H12N4. The Morgan fingerprint density at radius 2 is 1.69 bits per heavy atom. The fourth-order valence-electron chi connectivity index (χ4n) is 1.15. The third-order valence-electron chi connectivity index (χ3n) is 1.66. The van der Waals surface area contributed by atoms with Crippen LogP contribution in [0.3, 0.4) is 0 Å². The number of fused-ring (bicyclic) bond motifs is 1. The van der Waals surface area contributed by atoms with E-state index in [1.165, 1.54) is 4.91 Å². The minimum absolute atomic E-state index is 0.335. The van der Waals surface area contributed by atoms with Crippen molar-refractivity contribution in [3.8, 4) is 0 Å². The van der Waals surface area contributed by atoms with Gasteiger partial charge in [0.1, 0.15) is 11.0 Å². The Morgan fingerprint density at radius 1 is 1.15 bits per heavy atom. The second-order valence-electron chi connectivity index (χ2n) is 3.26. The Morgan fingerprint density at radius 3 is 2.15 bits per heavy atom. The van der Waals surface area contributed by atoms with Crippen molar-refractivity contribution < 1.29 is 0 Å². The van der Waals surface area contributed by atoms with Gasteiger partial charge in [-0.25, -0.2) is 0 Å². The lowest BCUT2D eigenvalue weighted by atomic mass is 10.3. The highest BCUT2D eigenvalue weighted by Crippen LogP contribution is 2.05. The summed E-state index contributed by atoms with van der Waals surface area (Å²) in [5, 5.41) is 8.49. The number of aromatic nitrogens is 3. The van der Waals surface area contributed by atoms with Gasteiger partial charge in [-0.3, -0.25) is 5.43 Å². The molecule has 1 heterocycles. The summed E-state index contributed by atoms with van der Waals surface area (Å²) in [7, 11) is 0. The molecule has 0 bridgehead atoms. The first-order valence-corrected chi connectivity index (χ1v) is 4.34. The predicted octanol–water partition coefficient (Wildman–Crippen LogP) is 1.38. The average molecular weight is 176 g/mol. The van der Waals surface area contributed by atoms with Crippen molar-refractivity contribution in [2.45, 2.75) is 19.9 Å². The van der Waals surface area contributed by atoms with Gasteiger partial charge in [0, 0.05) is 6.04 Å². The van der Waals surface area contributed by atoms with Crippen molar-refractivity contribution >= 4 is 11.0 Å². The number of hydrogen-bond acceptors (Lipinski definition) is 3. The summed E-state index contributed by atoms with van der Waals surface area (Å²) in [4.78, 5) is 1.52. The van der Waals surface area contributed by atoms with Gasteiger partial charge >= 0.3 is 0 Å². The Labute approximate surface area is 76.5 Å². The van der Waals surface area contributed by atoms with Crippen LogP contribution in [0.25, 0.3) is 11.0 Å². The summed E-state index contributed by atoms with van der Waals surface area (Å²) in [6, 6.07) is 8.14. The van der Waals surface area contributed by atoms with Crippen LogP contribution in [0.1, 0.15) is 13.8 Å². The standard InChI is InChI=1S/C9H12N4/c1-7(2)10-13-11-8-5-3-4-6-9(8)12-13/h3-7,10H,1-2H3. The maximum Gasteiger partial charge on any atom is 0.115 e. The highest BCUT2D eigenvalue weighted by Gasteiger charge is 2.00. The largest absolute Gasteiger partial charge is 0.290 e. The van der Waals surface area contributed by atoms with Crippen molar-refractivity contribution in [1.82, 2.24) is 15.1 Å². The molecule has 0 saturated heterocycles. The summed E-state index contributed by atoms with van der Waals surface area (Å²) in [5.74, 6) is 0. The second kappa shape index (κ2) is 3.05. The van der Waals surface area contributed by atoms with Crippen LogP contribution in [0, 0.1) is 0 Å². The van der Waals surface area contributed by atoms with Crippen LogP contribution < -0.4 is 5.43 Å². The van der Waals surface area contributed by atoms with E-state index < -0.39 is 0 Å². The summed E-state index contributed by atoms with van der Waals surface area (Å²) in [6.45, 7) is 4.10. The molecular weight excluding hydrogens is 164 g/mol. The van der Waals surface area contributed by atoms with Crippen LogP contribution in [-0.2, 0) is 0 Å². The lowest BCUT2D eigenvalue weighted by molar-refractivity contribution is 0.602. The van der Waals surface area contributed by atoms with E-state index in [0.717, 1.165) is 11.0 Å². The fourth-order valence-corrected chi connectivity index (χ4v) is 1.15. The molecule has 0 fully saturated rings. The minimum atomic E-state index is 0.335. The molecule has 13 heavy (non-hydrogen) atoms. The molecule has 2 rings (SSSR count). The van der Waals surface area contributed by atoms with E-state index in [9.17, 15) is 0 Å². The first-order valence-electron chi connectivity index (χ1n) is 4.34. The maximum absolute atomic E-state index is 4.25. The summed E-state index contributed by atoms with van der Waals surface area (Å²) in [5.41, 5.74) is 4.91. The molecule has 68 valence electrons. The molecule has 0 spiro atoms. The van der Waals surface area contributed by atoms with Gasteiger partial charge in [0.05, 0.1) is 0 Å². The first kappa shape index (κ1) is 8.04. The predicted molar refractivity (Wildman–Crippen MR) is 52.0 cm³/mol. The highest BCUT2D eigenvalue weighted by molar-refractivity contribution is 5.72. The number of hydrogen-bond donors (Lipinski definition) is 1. The molecule has 1 aromatic heterocycles. The van der Waals surface area contributed by atoms with Crippen molar-refractivity contribution in [1.29, 1.82) is 0 Å². The molecule has 1 N–H and O–H groups in total. The zero-order valence-corrected chi connectivity index (χ0v) is 7.73. The van der Waals surface area contributed by atoms with Gasteiger partial charge in [-0.1, -0.05) is 17.0 Å². The van der Waals surface area contributed by atoms with Gasteiger partial charge in [0.2, 0.25) is 0 Å². The van der Waals surface area contributed by atoms with E-state index >= 15 is 0 Å². The Hall–Kier alpha value is -1.58. The maximum atomic E-state index is 4.25. The van der Waals surface area contributed by atoms with E-state index in [-0.39, 0.29) is 0 Å². The third-order valence-corrected chi connectivity index (χ3v) is 1.66. The third kappa shape index (κ3) is 1.61. The van der Waals surface area contributed by atoms with Gasteiger partial charge in [0.25, 0.3) is 0 Å². The van der Waals surface area contributed by atoms with Crippen LogP contribution in [0.5, 0.6) is 0 Å². The number of benzene rings is 1. The van der Waals surface area contributed by atoms with E-state index in [4.69, 9.17) is 0 Å². The normalized spacial score (nSPS) is 11.0. The molecule has 1 aromatic carbocycles. The number of rotatable bonds is 2. The molecule has 0 saturated carbocycles. The molecule has 0 unspecified atom stereocenters. The van der Waals surface area contributed by atoms with Gasteiger partial charge < -0.3 is 0 Å². The molecule has 0 aliphatic rings. The zero-order valence-electron chi connectivity index (χ0n) is 7.73. The zero-order chi connectivity index (χ0) is 9.26. The molecule has 2 aromatic rings. The molecule has 4 nitrogen and oxygen atoms in total. The summed E-state index contributed by atoms with van der Waals surface area (Å²) >= 11 is 0. The molecule has 4 heteroatoms. The molecule has 0 radical (unpaired) electrons. The molecule has 0 atom stereocenters. The van der Waals surface area contributed by atoms with Crippen LogP contribution in [0.2, 0.25) is 0 Å². The molecule has 0 aliphatic carbocycles. The van der Waals surface area contributed by atoms with Crippen LogP contribution >= 0.6 is 0 Å². The van der Waals surface area contributed by atoms with Gasteiger partial charge in [-0.15, -0.1) is 10.2 Å². The van der Waals surface area contributed by atoms with Crippen molar-refractivity contribution in [2.75, 3.05) is 5.43 Å². The van der Waals surface area contributed by atoms with E-state index in [0.29, 0.717) is 6.04 Å². The lowest BCUT2D eigenvalue weighted by Gasteiger charge is -2.05. The Balaban J connectivity index is 2.38. The number of nitrogens with zero attached hydrogens (tertiary/aromatic N) is 3. The highest BCUT2D eigenvalue weighted by atomic mass is 15.7. The van der Waals surface area contributed by atoms with Crippen molar-refractivity contribution in [2.24, 2.45) is 0 Å². The smallest absolute Gasteiger partial charge is 0.115 e. The summed E-state index contributed by atoms with van der Waals surface area (Å²) < 4.78 is 0. The summed E-state index contributed by atoms with van der Waals surface area (Å²) in [6.07, 6.45) is 0. The Kier molecular flexibility index (Phi) is 1.88. The SMILES string of the molecule is CC(C)Nn1nc2ccccc2n1. The lowest BCUT2D eigenvalue weighted by Crippen LogP contribution is -2.24.